The van der Waals surface area contributed by atoms with Gasteiger partial charge in [0, 0.05) is 44.2 Å². The van der Waals surface area contributed by atoms with Crippen molar-refractivity contribution in [1.29, 1.82) is 0 Å². The predicted octanol–water partition coefficient (Wildman–Crippen LogP) is 0.968. The Bertz CT molecular complexity index is 456. The molecule has 2 aliphatic heterocycles. The fraction of sp³-hybridized carbons (Fsp3) is 0.895. The van der Waals surface area contributed by atoms with Crippen LogP contribution in [0.2, 0.25) is 0 Å². The highest BCUT2D eigenvalue weighted by atomic mass is 16.2. The Balaban J connectivity index is 1.37. The smallest absolute Gasteiger partial charge is 0.234 e. The number of amides is 2. The molecule has 3 rings (SSSR count). The molecule has 0 aromatic carbocycles. The standard InChI is InChI=1S/C19H34N4O2/c1-15-13-16(7-8-20-15)19(25)23-11-9-22(10-12-23)14-18(24)21-17-5-3-2-4-6-17/h15-17,20H,2-14H2,1H3,(H,21,24)/t15-,16-/m0/s1. The van der Waals surface area contributed by atoms with E-state index >= 15 is 0 Å². The van der Waals surface area contributed by atoms with Gasteiger partial charge in [-0.15, -0.1) is 0 Å². The van der Waals surface area contributed by atoms with E-state index < -0.39 is 0 Å². The molecule has 2 N–H and O–H groups in total. The van der Waals surface area contributed by atoms with E-state index in [0.29, 0.717) is 24.5 Å². The van der Waals surface area contributed by atoms with Crippen LogP contribution < -0.4 is 10.6 Å². The first-order valence-electron chi connectivity index (χ1n) is 10.2. The van der Waals surface area contributed by atoms with Crippen molar-refractivity contribution < 1.29 is 9.59 Å². The minimum Gasteiger partial charge on any atom is -0.352 e. The molecule has 2 amide bonds. The largest absolute Gasteiger partial charge is 0.352 e. The Morgan fingerprint density at radius 2 is 1.76 bits per heavy atom. The maximum atomic E-state index is 12.7. The van der Waals surface area contributed by atoms with E-state index in [4.69, 9.17) is 0 Å². The van der Waals surface area contributed by atoms with E-state index in [2.05, 4.69) is 22.5 Å². The number of nitrogens with zero attached hydrogens (tertiary/aromatic N) is 2. The molecule has 3 fully saturated rings. The Hall–Kier alpha value is -1.14. The molecule has 0 radical (unpaired) electrons. The second kappa shape index (κ2) is 8.99. The van der Waals surface area contributed by atoms with Crippen LogP contribution in [0.25, 0.3) is 0 Å². The van der Waals surface area contributed by atoms with Gasteiger partial charge in [0.05, 0.1) is 6.54 Å². The topological polar surface area (TPSA) is 64.7 Å². The van der Waals surface area contributed by atoms with Gasteiger partial charge in [0.15, 0.2) is 0 Å². The average Bonchev–Trinajstić information content (AvgIpc) is 2.62. The number of nitrogens with one attached hydrogen (secondary N) is 2. The zero-order chi connectivity index (χ0) is 17.6. The molecule has 6 nitrogen and oxygen atoms in total. The van der Waals surface area contributed by atoms with E-state index in [0.717, 1.165) is 58.4 Å². The van der Waals surface area contributed by atoms with Gasteiger partial charge in [0.2, 0.25) is 11.8 Å². The van der Waals surface area contributed by atoms with Crippen LogP contribution in [-0.2, 0) is 9.59 Å². The average molecular weight is 351 g/mol. The van der Waals surface area contributed by atoms with Crippen molar-refractivity contribution in [2.75, 3.05) is 39.3 Å². The van der Waals surface area contributed by atoms with Gasteiger partial charge < -0.3 is 15.5 Å². The van der Waals surface area contributed by atoms with Gasteiger partial charge in [-0.2, -0.15) is 0 Å². The van der Waals surface area contributed by atoms with Gasteiger partial charge in [0.25, 0.3) is 0 Å². The molecule has 2 saturated heterocycles. The summed E-state index contributed by atoms with van der Waals surface area (Å²) in [7, 11) is 0. The second-order valence-corrected chi connectivity index (χ2v) is 8.08. The van der Waals surface area contributed by atoms with Crippen LogP contribution in [0.3, 0.4) is 0 Å². The van der Waals surface area contributed by atoms with E-state index in [-0.39, 0.29) is 11.8 Å². The van der Waals surface area contributed by atoms with Gasteiger partial charge in [-0.1, -0.05) is 19.3 Å². The molecule has 0 unspecified atom stereocenters. The van der Waals surface area contributed by atoms with E-state index in [1.807, 2.05) is 4.90 Å². The second-order valence-electron chi connectivity index (χ2n) is 8.08. The molecule has 2 heterocycles. The Morgan fingerprint density at radius 1 is 1.04 bits per heavy atom. The molecule has 25 heavy (non-hydrogen) atoms. The van der Waals surface area contributed by atoms with E-state index in [1.165, 1.54) is 19.3 Å². The van der Waals surface area contributed by atoms with Crippen LogP contribution in [0.4, 0.5) is 0 Å². The third-order valence-electron chi connectivity index (χ3n) is 5.99. The molecular formula is C19H34N4O2. The molecule has 142 valence electrons. The van der Waals surface area contributed by atoms with Crippen LogP contribution in [0, 0.1) is 5.92 Å². The highest BCUT2D eigenvalue weighted by Crippen LogP contribution is 2.20. The lowest BCUT2D eigenvalue weighted by Gasteiger charge is -2.38. The minimum atomic E-state index is 0.152. The van der Waals surface area contributed by atoms with Crippen molar-refractivity contribution in [3.05, 3.63) is 0 Å². The molecule has 6 heteroatoms. The van der Waals surface area contributed by atoms with Gasteiger partial charge in [-0.3, -0.25) is 14.5 Å². The Kier molecular flexibility index (Phi) is 6.70. The molecule has 0 spiro atoms. The van der Waals surface area contributed by atoms with E-state index in [9.17, 15) is 9.59 Å². The van der Waals surface area contributed by atoms with Gasteiger partial charge in [-0.05, 0) is 39.2 Å². The summed E-state index contributed by atoms with van der Waals surface area (Å²) >= 11 is 0. The minimum absolute atomic E-state index is 0.152. The number of hydrogen-bond acceptors (Lipinski definition) is 4. The zero-order valence-corrected chi connectivity index (χ0v) is 15.6. The SMILES string of the molecule is C[C@H]1C[C@@H](C(=O)N2CCN(CC(=O)NC3CCCCC3)CC2)CCN1. The lowest BCUT2D eigenvalue weighted by atomic mass is 9.92. The van der Waals surface area contributed by atoms with Crippen LogP contribution in [0.1, 0.15) is 51.9 Å². The van der Waals surface area contributed by atoms with Gasteiger partial charge in [-0.25, -0.2) is 0 Å². The van der Waals surface area contributed by atoms with Crippen LogP contribution in [-0.4, -0.2) is 73.0 Å². The fourth-order valence-electron chi connectivity index (χ4n) is 4.46. The van der Waals surface area contributed by atoms with Gasteiger partial charge in [0.1, 0.15) is 0 Å². The molecule has 1 aliphatic carbocycles. The molecule has 1 saturated carbocycles. The summed E-state index contributed by atoms with van der Waals surface area (Å²) in [6.45, 7) is 6.71. The highest BCUT2D eigenvalue weighted by Gasteiger charge is 2.30. The van der Waals surface area contributed by atoms with Crippen LogP contribution in [0.5, 0.6) is 0 Å². The van der Waals surface area contributed by atoms with Crippen molar-refractivity contribution in [3.63, 3.8) is 0 Å². The highest BCUT2D eigenvalue weighted by molar-refractivity contribution is 5.80. The molecule has 0 bridgehead atoms. The summed E-state index contributed by atoms with van der Waals surface area (Å²) < 4.78 is 0. The number of hydrogen-bond donors (Lipinski definition) is 2. The quantitative estimate of drug-likeness (QED) is 0.793. The van der Waals surface area contributed by atoms with Crippen LogP contribution in [0.15, 0.2) is 0 Å². The number of carbonyl (C=O) groups excluding carboxylic acids is 2. The number of carbonyl (C=O) groups is 2. The van der Waals surface area contributed by atoms with E-state index in [1.54, 1.807) is 0 Å². The molecule has 3 aliphatic rings. The zero-order valence-electron chi connectivity index (χ0n) is 15.6. The summed E-state index contributed by atoms with van der Waals surface area (Å²) in [5.41, 5.74) is 0. The Morgan fingerprint density at radius 3 is 2.44 bits per heavy atom. The third-order valence-corrected chi connectivity index (χ3v) is 5.99. The predicted molar refractivity (Wildman–Crippen MR) is 98.2 cm³/mol. The van der Waals surface area contributed by atoms with Crippen molar-refractivity contribution in [2.45, 2.75) is 64.0 Å². The van der Waals surface area contributed by atoms with Crippen molar-refractivity contribution in [2.24, 2.45) is 5.92 Å². The first-order chi connectivity index (χ1) is 12.1. The molecular weight excluding hydrogens is 316 g/mol. The van der Waals surface area contributed by atoms with Crippen molar-refractivity contribution in [3.8, 4) is 0 Å². The molecule has 0 aromatic heterocycles. The summed E-state index contributed by atoms with van der Waals surface area (Å²) in [4.78, 5) is 29.1. The third kappa shape index (κ3) is 5.42. The number of rotatable bonds is 4. The normalized spacial score (nSPS) is 29.4. The van der Waals surface area contributed by atoms with Crippen LogP contribution >= 0.6 is 0 Å². The summed E-state index contributed by atoms with van der Waals surface area (Å²) in [5.74, 6) is 0.649. The van der Waals surface area contributed by atoms with Crippen molar-refractivity contribution >= 4 is 11.8 Å². The molecule has 2 atom stereocenters. The lowest BCUT2D eigenvalue weighted by Crippen LogP contribution is -2.54. The molecule has 0 aromatic rings. The first-order valence-corrected chi connectivity index (χ1v) is 10.2. The lowest BCUT2D eigenvalue weighted by molar-refractivity contribution is -0.138. The Labute approximate surface area is 151 Å². The first kappa shape index (κ1) is 18.6. The number of piperazine rings is 1. The fourth-order valence-corrected chi connectivity index (χ4v) is 4.46. The summed E-state index contributed by atoms with van der Waals surface area (Å²) in [6.07, 6.45) is 7.93. The number of piperidine rings is 1. The van der Waals surface area contributed by atoms with Gasteiger partial charge >= 0.3 is 0 Å². The van der Waals surface area contributed by atoms with Crippen molar-refractivity contribution in [1.82, 2.24) is 20.4 Å². The summed E-state index contributed by atoms with van der Waals surface area (Å²) in [6, 6.07) is 0.818. The maximum Gasteiger partial charge on any atom is 0.234 e. The maximum absolute atomic E-state index is 12.7. The summed E-state index contributed by atoms with van der Waals surface area (Å²) in [5, 5.41) is 6.60. The monoisotopic (exact) mass is 350 g/mol.